The van der Waals surface area contributed by atoms with E-state index in [-0.39, 0.29) is 36.7 Å². The fourth-order valence-corrected chi connectivity index (χ4v) is 5.44. The van der Waals surface area contributed by atoms with Crippen molar-refractivity contribution in [2.24, 2.45) is 5.41 Å². The Morgan fingerprint density at radius 1 is 1.17 bits per heavy atom. The van der Waals surface area contributed by atoms with E-state index in [1.54, 1.807) is 30.5 Å². The number of carbonyl (C=O) groups is 1. The summed E-state index contributed by atoms with van der Waals surface area (Å²) in [5, 5.41) is 1.49. The van der Waals surface area contributed by atoms with E-state index in [1.165, 1.54) is 18.2 Å². The van der Waals surface area contributed by atoms with Gasteiger partial charge in [0.25, 0.3) is 0 Å². The van der Waals surface area contributed by atoms with Gasteiger partial charge in [-0.2, -0.15) is 13.2 Å². The molecule has 0 bridgehead atoms. The summed E-state index contributed by atoms with van der Waals surface area (Å²) in [5.41, 5.74) is -0.332. The standard InChI is InChI=1S/C27H30F3N3O2S/c1-19-9-10-20(17-31-19)25(2,3)33-16-15-26(18-33,14-13-22-11-12-23(28)36-22)27(29,30)32-24(34)35-21-7-5-4-6-8-21/h4-12,17H,13-16,18H2,1-3H3,(H,32,34)/t26-/m1/s1. The third-order valence-electron chi connectivity index (χ3n) is 7.12. The summed E-state index contributed by atoms with van der Waals surface area (Å²) in [4.78, 5) is 19.5. The summed E-state index contributed by atoms with van der Waals surface area (Å²) in [6, 6.07) is 11.4. The maximum absolute atomic E-state index is 15.9. The van der Waals surface area contributed by atoms with Gasteiger partial charge in [-0.3, -0.25) is 15.2 Å². The van der Waals surface area contributed by atoms with Crippen LogP contribution in [0.3, 0.4) is 0 Å². The number of halogens is 3. The molecule has 1 saturated heterocycles. The zero-order valence-corrected chi connectivity index (χ0v) is 21.4. The molecule has 1 atom stereocenters. The van der Waals surface area contributed by atoms with Gasteiger partial charge in [0.05, 0.1) is 5.41 Å². The second-order valence-corrected chi connectivity index (χ2v) is 10.9. The van der Waals surface area contributed by atoms with Crippen molar-refractivity contribution in [3.63, 3.8) is 0 Å². The summed E-state index contributed by atoms with van der Waals surface area (Å²) in [6.45, 7) is 6.31. The summed E-state index contributed by atoms with van der Waals surface area (Å²) < 4.78 is 50.5. The minimum atomic E-state index is -3.56. The number of hydrogen-bond acceptors (Lipinski definition) is 5. The Labute approximate surface area is 213 Å². The fourth-order valence-electron chi connectivity index (χ4n) is 4.71. The van der Waals surface area contributed by atoms with Crippen LogP contribution >= 0.6 is 11.3 Å². The predicted molar refractivity (Wildman–Crippen MR) is 134 cm³/mol. The number of nitrogens with one attached hydrogen (secondary N) is 1. The third kappa shape index (κ3) is 5.57. The molecule has 1 fully saturated rings. The van der Waals surface area contributed by atoms with Crippen molar-refractivity contribution < 1.29 is 22.7 Å². The SMILES string of the molecule is Cc1ccc(C(C)(C)N2CC[C@@](CCc3ccc(F)s3)(C(F)(F)NC(=O)Oc3ccccc3)C2)cn1. The molecular formula is C27H30F3N3O2S. The number of benzene rings is 1. The third-order valence-corrected chi connectivity index (χ3v) is 8.05. The van der Waals surface area contributed by atoms with Gasteiger partial charge < -0.3 is 4.74 Å². The van der Waals surface area contributed by atoms with E-state index in [9.17, 15) is 9.18 Å². The molecule has 4 rings (SSSR count). The summed E-state index contributed by atoms with van der Waals surface area (Å²) in [5.74, 6) is 0.176. The van der Waals surface area contributed by atoms with E-state index < -0.39 is 23.1 Å². The van der Waals surface area contributed by atoms with Gasteiger partial charge in [0.15, 0.2) is 5.13 Å². The predicted octanol–water partition coefficient (Wildman–Crippen LogP) is 6.53. The quantitative estimate of drug-likeness (QED) is 0.345. The Kier molecular flexibility index (Phi) is 7.43. The van der Waals surface area contributed by atoms with E-state index >= 15 is 8.78 Å². The number of alkyl halides is 2. The minimum Gasteiger partial charge on any atom is -0.410 e. The number of ether oxygens (including phenoxy) is 1. The first-order chi connectivity index (χ1) is 17.0. The zero-order valence-electron chi connectivity index (χ0n) is 20.6. The van der Waals surface area contributed by atoms with Crippen molar-refractivity contribution in [2.75, 3.05) is 13.1 Å². The molecule has 1 amide bonds. The lowest BCUT2D eigenvalue weighted by atomic mass is 9.79. The molecule has 0 aliphatic carbocycles. The molecule has 9 heteroatoms. The van der Waals surface area contributed by atoms with Gasteiger partial charge in [0.1, 0.15) is 5.75 Å². The number of amides is 1. The van der Waals surface area contributed by atoms with Crippen LogP contribution < -0.4 is 10.1 Å². The number of pyridine rings is 1. The van der Waals surface area contributed by atoms with Crippen LogP contribution in [0.2, 0.25) is 0 Å². The first-order valence-electron chi connectivity index (χ1n) is 11.9. The molecule has 0 spiro atoms. The van der Waals surface area contributed by atoms with Gasteiger partial charge in [-0.1, -0.05) is 24.3 Å². The number of likely N-dealkylation sites (tertiary alicyclic amines) is 1. The highest BCUT2D eigenvalue weighted by Crippen LogP contribution is 2.49. The van der Waals surface area contributed by atoms with Crippen molar-refractivity contribution in [1.29, 1.82) is 0 Å². The molecule has 2 aromatic heterocycles. The van der Waals surface area contributed by atoms with E-state index in [1.807, 2.05) is 43.1 Å². The Morgan fingerprint density at radius 3 is 2.56 bits per heavy atom. The first kappa shape index (κ1) is 26.2. The Balaban J connectivity index is 1.57. The molecule has 5 nitrogen and oxygen atoms in total. The number of aromatic nitrogens is 1. The van der Waals surface area contributed by atoms with Gasteiger partial charge in [-0.05, 0) is 82.5 Å². The van der Waals surface area contributed by atoms with Crippen LogP contribution in [0.1, 0.15) is 42.8 Å². The molecule has 1 aromatic carbocycles. The van der Waals surface area contributed by atoms with Gasteiger partial charge in [-0.25, -0.2) is 4.79 Å². The largest absolute Gasteiger partial charge is 0.417 e. The molecule has 0 radical (unpaired) electrons. The van der Waals surface area contributed by atoms with Crippen molar-refractivity contribution in [1.82, 2.24) is 15.2 Å². The molecule has 1 aliphatic rings. The number of thiophene rings is 1. The molecular weight excluding hydrogens is 487 g/mol. The lowest BCUT2D eigenvalue weighted by molar-refractivity contribution is -0.141. The zero-order chi connectivity index (χ0) is 26.0. The monoisotopic (exact) mass is 517 g/mol. The summed E-state index contributed by atoms with van der Waals surface area (Å²) >= 11 is 0.955. The minimum absolute atomic E-state index is 0.0420. The van der Waals surface area contributed by atoms with Crippen molar-refractivity contribution in [3.8, 4) is 5.75 Å². The van der Waals surface area contributed by atoms with Crippen molar-refractivity contribution in [3.05, 3.63) is 82.1 Å². The van der Waals surface area contributed by atoms with Crippen LogP contribution in [-0.2, 0) is 12.0 Å². The number of aryl methyl sites for hydroxylation is 2. The molecule has 0 saturated carbocycles. The number of carbonyl (C=O) groups excluding carboxylic acids is 1. The second-order valence-electron chi connectivity index (χ2n) is 9.81. The molecule has 0 unspecified atom stereocenters. The lowest BCUT2D eigenvalue weighted by Gasteiger charge is -2.40. The molecule has 3 aromatic rings. The van der Waals surface area contributed by atoms with Crippen LogP contribution in [0.25, 0.3) is 0 Å². The average molecular weight is 518 g/mol. The van der Waals surface area contributed by atoms with Crippen molar-refractivity contribution >= 4 is 17.4 Å². The topological polar surface area (TPSA) is 54.5 Å². The van der Waals surface area contributed by atoms with Crippen LogP contribution in [0, 0.1) is 17.5 Å². The Morgan fingerprint density at radius 2 is 1.92 bits per heavy atom. The first-order valence-corrected chi connectivity index (χ1v) is 12.7. The van der Waals surface area contributed by atoms with Gasteiger partial charge >= 0.3 is 12.1 Å². The number of nitrogens with zero attached hydrogens (tertiary/aromatic N) is 2. The highest BCUT2D eigenvalue weighted by Gasteiger charge is 2.59. The van der Waals surface area contributed by atoms with Crippen LogP contribution in [0.15, 0.2) is 60.8 Å². The molecule has 1 N–H and O–H groups in total. The van der Waals surface area contributed by atoms with E-state index in [0.717, 1.165) is 22.6 Å². The summed E-state index contributed by atoms with van der Waals surface area (Å²) in [7, 11) is 0. The number of rotatable bonds is 8. The van der Waals surface area contributed by atoms with E-state index in [0.29, 0.717) is 11.4 Å². The van der Waals surface area contributed by atoms with E-state index in [2.05, 4.69) is 4.98 Å². The molecule has 1 aliphatic heterocycles. The highest BCUT2D eigenvalue weighted by atomic mass is 32.1. The number of hydrogen-bond donors (Lipinski definition) is 1. The summed E-state index contributed by atoms with van der Waals surface area (Å²) in [6.07, 6.45) is 1.07. The van der Waals surface area contributed by atoms with Crippen LogP contribution in [0.5, 0.6) is 5.75 Å². The molecule has 36 heavy (non-hydrogen) atoms. The average Bonchev–Trinajstić information content (AvgIpc) is 3.46. The van der Waals surface area contributed by atoms with Gasteiger partial charge in [0.2, 0.25) is 0 Å². The Bertz CT molecular complexity index is 1180. The molecule has 3 heterocycles. The van der Waals surface area contributed by atoms with Crippen molar-refractivity contribution in [2.45, 2.75) is 51.6 Å². The molecule has 192 valence electrons. The van der Waals surface area contributed by atoms with Gasteiger partial charge in [-0.15, -0.1) is 11.3 Å². The van der Waals surface area contributed by atoms with Crippen LogP contribution in [-0.4, -0.2) is 35.1 Å². The maximum Gasteiger partial charge on any atom is 0.417 e. The number of para-hydroxylation sites is 1. The smallest absolute Gasteiger partial charge is 0.410 e. The lowest BCUT2D eigenvalue weighted by Crippen LogP contribution is -2.57. The van der Waals surface area contributed by atoms with Crippen LogP contribution in [0.4, 0.5) is 18.0 Å². The fraction of sp³-hybridized carbons (Fsp3) is 0.407. The Hall–Kier alpha value is -2.91. The highest BCUT2D eigenvalue weighted by molar-refractivity contribution is 7.10. The second kappa shape index (κ2) is 10.2. The maximum atomic E-state index is 15.9. The normalized spacial score (nSPS) is 18.8. The van der Waals surface area contributed by atoms with E-state index in [4.69, 9.17) is 4.74 Å². The van der Waals surface area contributed by atoms with Gasteiger partial charge in [0, 0.05) is 28.9 Å².